The third-order valence-corrected chi connectivity index (χ3v) is 9.55. The molecule has 0 saturated heterocycles. The Labute approximate surface area is 276 Å². The molecule has 0 spiro atoms. The molecule has 10 rings (SSSR count). The van der Waals surface area contributed by atoms with E-state index in [0.29, 0.717) is 0 Å². The summed E-state index contributed by atoms with van der Waals surface area (Å²) in [4.78, 5) is 5.16. The molecule has 0 fully saturated rings. The van der Waals surface area contributed by atoms with Crippen LogP contribution in [0.1, 0.15) is 29.0 Å². The zero-order chi connectivity index (χ0) is 31.6. The van der Waals surface area contributed by atoms with E-state index >= 15 is 0 Å². The lowest BCUT2D eigenvalue weighted by molar-refractivity contribution is 0.409. The molecule has 2 atom stereocenters. The van der Waals surface area contributed by atoms with Gasteiger partial charge in [0.15, 0.2) is 0 Å². The summed E-state index contributed by atoms with van der Waals surface area (Å²) < 4.78 is 12.9. The first-order valence-corrected chi connectivity index (χ1v) is 16.3. The highest BCUT2D eigenvalue weighted by Crippen LogP contribution is 2.40. The van der Waals surface area contributed by atoms with E-state index in [0.717, 1.165) is 71.8 Å². The van der Waals surface area contributed by atoms with Crippen molar-refractivity contribution in [2.24, 2.45) is 4.99 Å². The number of hydrogen-bond acceptors (Lipinski definition) is 5. The van der Waals surface area contributed by atoms with Crippen LogP contribution in [0.15, 0.2) is 165 Å². The van der Waals surface area contributed by atoms with Crippen LogP contribution in [0, 0.1) is 0 Å². The number of nitrogens with zero attached hydrogens (tertiary/aromatic N) is 1. The molecule has 0 bridgehead atoms. The van der Waals surface area contributed by atoms with Gasteiger partial charge in [-0.25, -0.2) is 4.99 Å². The van der Waals surface area contributed by atoms with Crippen LogP contribution in [0.2, 0.25) is 0 Å². The van der Waals surface area contributed by atoms with E-state index in [1.807, 2.05) is 36.4 Å². The minimum atomic E-state index is -0.298. The van der Waals surface area contributed by atoms with Crippen molar-refractivity contribution in [1.82, 2.24) is 10.6 Å². The number of nitrogens with one attached hydrogen (secondary N) is 2. The van der Waals surface area contributed by atoms with Crippen LogP contribution >= 0.6 is 0 Å². The number of furan rings is 2. The van der Waals surface area contributed by atoms with E-state index in [1.54, 1.807) is 0 Å². The Balaban J connectivity index is 1.09. The smallest absolute Gasteiger partial charge is 0.143 e. The van der Waals surface area contributed by atoms with Crippen LogP contribution in [0.4, 0.5) is 0 Å². The molecule has 3 heterocycles. The molecular weight excluding hydrogens is 590 g/mol. The van der Waals surface area contributed by atoms with E-state index in [-0.39, 0.29) is 12.3 Å². The van der Waals surface area contributed by atoms with E-state index in [9.17, 15) is 0 Å². The Morgan fingerprint density at radius 1 is 0.458 bits per heavy atom. The average molecular weight is 620 g/mol. The Hall–Kier alpha value is -6.17. The van der Waals surface area contributed by atoms with Gasteiger partial charge in [0.05, 0.1) is 0 Å². The number of para-hydroxylation sites is 1. The first-order valence-electron chi connectivity index (χ1n) is 16.3. The van der Waals surface area contributed by atoms with Gasteiger partial charge in [0.25, 0.3) is 0 Å². The second-order valence-corrected chi connectivity index (χ2v) is 12.4. The molecule has 0 amide bonds. The molecule has 0 saturated carbocycles. The minimum absolute atomic E-state index is 0.219. The maximum Gasteiger partial charge on any atom is 0.143 e. The highest BCUT2D eigenvalue weighted by molar-refractivity contribution is 6.19. The van der Waals surface area contributed by atoms with Crippen molar-refractivity contribution in [2.75, 3.05) is 0 Å². The van der Waals surface area contributed by atoms with Crippen LogP contribution in [0.25, 0.3) is 65.8 Å². The summed E-state index contributed by atoms with van der Waals surface area (Å²) in [6.45, 7) is 0. The SMILES string of the molecule is c1ccc(C2=NC(c3ccc4c(c3)oc3ccccc34)NC(c3ccc4c(c3)oc3c5ccccc5c(-c5ccccc5)cc43)N2)cc1. The predicted octanol–water partition coefficient (Wildman–Crippen LogP) is 10.6. The molecule has 0 aliphatic carbocycles. The van der Waals surface area contributed by atoms with Crippen LogP contribution < -0.4 is 10.6 Å². The lowest BCUT2D eigenvalue weighted by Crippen LogP contribution is -2.44. The average Bonchev–Trinajstić information content (AvgIpc) is 3.72. The maximum atomic E-state index is 6.69. The predicted molar refractivity (Wildman–Crippen MR) is 195 cm³/mol. The van der Waals surface area contributed by atoms with Crippen molar-refractivity contribution >= 4 is 60.5 Å². The molecule has 0 radical (unpaired) electrons. The Morgan fingerprint density at radius 2 is 1.06 bits per heavy atom. The third-order valence-electron chi connectivity index (χ3n) is 9.55. The Morgan fingerprint density at radius 3 is 1.88 bits per heavy atom. The van der Waals surface area contributed by atoms with Crippen LogP contribution in [-0.2, 0) is 0 Å². The molecule has 48 heavy (non-hydrogen) atoms. The Bertz CT molecular complexity index is 2690. The largest absolute Gasteiger partial charge is 0.456 e. The monoisotopic (exact) mass is 619 g/mol. The minimum Gasteiger partial charge on any atom is -0.456 e. The highest BCUT2D eigenvalue weighted by Gasteiger charge is 2.27. The molecule has 1 aliphatic heterocycles. The van der Waals surface area contributed by atoms with Gasteiger partial charge in [0.2, 0.25) is 0 Å². The van der Waals surface area contributed by atoms with Crippen molar-refractivity contribution in [3.05, 3.63) is 168 Å². The fourth-order valence-corrected chi connectivity index (χ4v) is 7.21. The maximum absolute atomic E-state index is 6.69. The summed E-state index contributed by atoms with van der Waals surface area (Å²) in [6, 6.07) is 52.7. The summed E-state index contributed by atoms with van der Waals surface area (Å²) in [6.07, 6.45) is -0.517. The van der Waals surface area contributed by atoms with Crippen LogP contribution in [0.5, 0.6) is 0 Å². The van der Waals surface area contributed by atoms with E-state index in [4.69, 9.17) is 13.8 Å². The lowest BCUT2D eigenvalue weighted by Gasteiger charge is -2.32. The van der Waals surface area contributed by atoms with Gasteiger partial charge >= 0.3 is 0 Å². The van der Waals surface area contributed by atoms with Gasteiger partial charge in [0.1, 0.15) is 40.5 Å². The van der Waals surface area contributed by atoms with E-state index in [2.05, 4.69) is 126 Å². The Kier molecular flexibility index (Phi) is 6.01. The zero-order valence-corrected chi connectivity index (χ0v) is 25.9. The van der Waals surface area contributed by atoms with Crippen molar-refractivity contribution in [3.63, 3.8) is 0 Å². The number of rotatable bonds is 4. The van der Waals surface area contributed by atoms with Gasteiger partial charge in [-0.3, -0.25) is 5.32 Å². The van der Waals surface area contributed by atoms with Crippen molar-refractivity contribution in [3.8, 4) is 11.1 Å². The van der Waals surface area contributed by atoms with E-state index < -0.39 is 0 Å². The summed E-state index contributed by atoms with van der Waals surface area (Å²) >= 11 is 0. The first kappa shape index (κ1) is 27.0. The lowest BCUT2D eigenvalue weighted by atomic mass is 9.95. The molecule has 2 unspecified atom stereocenters. The van der Waals surface area contributed by atoms with Gasteiger partial charge in [-0.05, 0) is 51.9 Å². The summed E-state index contributed by atoms with van der Waals surface area (Å²) in [5, 5.41) is 14.2. The fraction of sp³-hybridized carbons (Fsp3) is 0.0465. The second kappa shape index (κ2) is 10.7. The summed E-state index contributed by atoms with van der Waals surface area (Å²) in [5.41, 5.74) is 9.02. The standard InChI is InChI=1S/C43H29N3O2/c1-3-11-26(12-4-1)35-25-36-33-22-20-29(24-39(33)48-40(36)34-17-8-7-15-30(34)35)43-45-41(27-13-5-2-6-14-27)44-42(46-43)28-19-21-32-31-16-9-10-18-37(31)47-38(32)23-28/h1-25,42-43,46H,(H,44,45). The summed E-state index contributed by atoms with van der Waals surface area (Å²) in [7, 11) is 0. The van der Waals surface area contributed by atoms with Crippen molar-refractivity contribution in [1.29, 1.82) is 0 Å². The van der Waals surface area contributed by atoms with Gasteiger partial charge in [-0.15, -0.1) is 0 Å². The van der Waals surface area contributed by atoms with Gasteiger partial charge in [-0.1, -0.05) is 127 Å². The molecule has 1 aliphatic rings. The molecule has 9 aromatic rings. The van der Waals surface area contributed by atoms with Gasteiger partial charge < -0.3 is 14.2 Å². The zero-order valence-electron chi connectivity index (χ0n) is 25.9. The van der Waals surface area contributed by atoms with Gasteiger partial charge in [0, 0.05) is 32.5 Å². The highest BCUT2D eigenvalue weighted by atomic mass is 16.3. The molecule has 5 nitrogen and oxygen atoms in total. The number of hydrogen-bond donors (Lipinski definition) is 2. The molecular formula is C43H29N3O2. The van der Waals surface area contributed by atoms with Crippen LogP contribution in [0.3, 0.4) is 0 Å². The summed E-state index contributed by atoms with van der Waals surface area (Å²) in [5.74, 6) is 0.831. The molecule has 2 N–H and O–H groups in total. The second-order valence-electron chi connectivity index (χ2n) is 12.4. The molecule has 228 valence electrons. The molecule has 5 heteroatoms. The number of benzene rings is 7. The quantitative estimate of drug-likeness (QED) is 0.206. The normalized spacial score (nSPS) is 16.5. The number of amidine groups is 1. The fourth-order valence-electron chi connectivity index (χ4n) is 7.21. The molecule has 2 aromatic heterocycles. The van der Waals surface area contributed by atoms with Crippen LogP contribution in [-0.4, -0.2) is 5.84 Å². The van der Waals surface area contributed by atoms with Crippen molar-refractivity contribution in [2.45, 2.75) is 12.3 Å². The topological polar surface area (TPSA) is 62.7 Å². The number of fused-ring (bicyclic) bond motifs is 8. The first-order chi connectivity index (χ1) is 23.8. The molecule has 7 aromatic carbocycles. The van der Waals surface area contributed by atoms with Crippen molar-refractivity contribution < 1.29 is 8.83 Å². The number of aliphatic imine (C=N–C) groups is 1. The van der Waals surface area contributed by atoms with E-state index in [1.165, 1.54) is 16.5 Å². The third kappa shape index (κ3) is 4.33. The van der Waals surface area contributed by atoms with Gasteiger partial charge in [-0.2, -0.15) is 0 Å².